The molecule has 4 rings (SSSR count). The van der Waals surface area contributed by atoms with E-state index in [1.54, 1.807) is 18.6 Å². The van der Waals surface area contributed by atoms with Crippen molar-refractivity contribution in [2.75, 3.05) is 18.0 Å². The molecule has 8 nitrogen and oxygen atoms in total. The fourth-order valence-electron chi connectivity index (χ4n) is 3.87. The van der Waals surface area contributed by atoms with E-state index in [0.717, 1.165) is 47.7 Å². The Morgan fingerprint density at radius 3 is 2.79 bits per heavy atom. The Bertz CT molecular complexity index is 754. The van der Waals surface area contributed by atoms with E-state index in [9.17, 15) is 9.90 Å². The summed E-state index contributed by atoms with van der Waals surface area (Å²) in [4.78, 5) is 22.2. The summed E-state index contributed by atoms with van der Waals surface area (Å²) in [6.07, 6.45) is 6.08. The Kier molecular flexibility index (Phi) is 3.82. The Labute approximate surface area is 152 Å². The van der Waals surface area contributed by atoms with Crippen molar-refractivity contribution in [1.29, 1.82) is 0 Å². The number of nitrogens with zero attached hydrogens (tertiary/aromatic N) is 5. The fraction of sp³-hybridized carbons (Fsp3) is 0.467. The first-order valence-electron chi connectivity index (χ1n) is 7.81. The molecule has 2 aromatic heterocycles. The third-order valence-corrected chi connectivity index (χ3v) is 5.64. The lowest BCUT2D eigenvalue weighted by Crippen LogP contribution is -2.47. The molecule has 1 spiro atoms. The summed E-state index contributed by atoms with van der Waals surface area (Å²) in [5, 5.41) is 16.3. The number of hydrogen-bond donors (Lipinski definition) is 2. The first kappa shape index (κ1) is 15.6. The molecule has 1 amide bonds. The molecule has 1 atom stereocenters. The molecular weight excluding hydrogens is 423 g/mol. The SMILES string of the molecule is O=C(O)N[C@@H]1c2ccnn2CC12CCN(c1cnc(I)cn1)CC2. The lowest BCUT2D eigenvalue weighted by Gasteiger charge is -2.42. The molecule has 2 aliphatic heterocycles. The molecule has 24 heavy (non-hydrogen) atoms. The zero-order chi connectivity index (χ0) is 16.7. The summed E-state index contributed by atoms with van der Waals surface area (Å²) in [6.45, 7) is 2.42. The normalized spacial score (nSPS) is 21.7. The maximum absolute atomic E-state index is 11.3. The van der Waals surface area contributed by atoms with Gasteiger partial charge in [0.05, 0.1) is 24.1 Å². The van der Waals surface area contributed by atoms with Gasteiger partial charge in [-0.1, -0.05) is 0 Å². The third-order valence-electron chi connectivity index (χ3n) is 5.08. The molecule has 2 aromatic rings. The zero-order valence-corrected chi connectivity index (χ0v) is 15.0. The first-order chi connectivity index (χ1) is 11.6. The maximum atomic E-state index is 11.3. The third kappa shape index (κ3) is 2.60. The van der Waals surface area contributed by atoms with E-state index in [1.165, 1.54) is 0 Å². The summed E-state index contributed by atoms with van der Waals surface area (Å²) in [5.74, 6) is 0.878. The van der Waals surface area contributed by atoms with E-state index in [1.807, 2.05) is 10.7 Å². The van der Waals surface area contributed by atoms with Gasteiger partial charge < -0.3 is 15.3 Å². The molecule has 0 saturated carbocycles. The van der Waals surface area contributed by atoms with Gasteiger partial charge in [0.15, 0.2) is 0 Å². The van der Waals surface area contributed by atoms with Crippen LogP contribution in [0.25, 0.3) is 0 Å². The van der Waals surface area contributed by atoms with Gasteiger partial charge in [0.25, 0.3) is 0 Å². The molecule has 1 fully saturated rings. The van der Waals surface area contributed by atoms with Crippen LogP contribution in [0.2, 0.25) is 0 Å². The van der Waals surface area contributed by atoms with E-state index in [-0.39, 0.29) is 11.5 Å². The van der Waals surface area contributed by atoms with Crippen LogP contribution in [-0.4, -0.2) is 44.0 Å². The molecule has 9 heteroatoms. The van der Waals surface area contributed by atoms with E-state index in [4.69, 9.17) is 0 Å². The number of halogens is 1. The second kappa shape index (κ2) is 5.87. The number of hydrogen-bond acceptors (Lipinski definition) is 5. The number of carbonyl (C=O) groups is 1. The number of anilines is 1. The second-order valence-electron chi connectivity index (χ2n) is 6.34. The molecule has 4 heterocycles. The Morgan fingerprint density at radius 1 is 1.33 bits per heavy atom. The molecule has 1 saturated heterocycles. The van der Waals surface area contributed by atoms with Crippen molar-refractivity contribution in [3.63, 3.8) is 0 Å². The number of rotatable bonds is 2. The minimum atomic E-state index is -0.986. The number of amides is 1. The van der Waals surface area contributed by atoms with Crippen LogP contribution in [0.4, 0.5) is 10.6 Å². The highest BCUT2D eigenvalue weighted by atomic mass is 127. The van der Waals surface area contributed by atoms with Crippen molar-refractivity contribution in [3.8, 4) is 0 Å². The molecule has 0 unspecified atom stereocenters. The highest BCUT2D eigenvalue weighted by Crippen LogP contribution is 2.49. The molecule has 2 aliphatic rings. The van der Waals surface area contributed by atoms with Gasteiger partial charge in [-0.2, -0.15) is 5.10 Å². The lowest BCUT2D eigenvalue weighted by molar-refractivity contribution is 0.133. The van der Waals surface area contributed by atoms with Gasteiger partial charge in [0.1, 0.15) is 9.52 Å². The number of fused-ring (bicyclic) bond motifs is 1. The number of carboxylic acid groups (broad SMARTS) is 1. The quantitative estimate of drug-likeness (QED) is 0.693. The summed E-state index contributed by atoms with van der Waals surface area (Å²) in [5.41, 5.74) is 0.842. The van der Waals surface area contributed by atoms with E-state index in [0.29, 0.717) is 0 Å². The van der Waals surface area contributed by atoms with Crippen LogP contribution in [0.3, 0.4) is 0 Å². The molecule has 0 radical (unpaired) electrons. The van der Waals surface area contributed by atoms with Gasteiger partial charge in [-0.15, -0.1) is 0 Å². The lowest BCUT2D eigenvalue weighted by atomic mass is 9.73. The van der Waals surface area contributed by atoms with Crippen molar-refractivity contribution in [2.45, 2.75) is 25.4 Å². The summed E-state index contributed by atoms with van der Waals surface area (Å²) in [6, 6.07) is 1.70. The maximum Gasteiger partial charge on any atom is 0.405 e. The Hall–Kier alpha value is -1.91. The minimum absolute atomic E-state index is 0.116. The Balaban J connectivity index is 1.54. The highest BCUT2D eigenvalue weighted by Gasteiger charge is 2.49. The van der Waals surface area contributed by atoms with Crippen LogP contribution < -0.4 is 10.2 Å². The van der Waals surface area contributed by atoms with Crippen LogP contribution in [0.15, 0.2) is 24.7 Å². The van der Waals surface area contributed by atoms with Crippen LogP contribution in [0.5, 0.6) is 0 Å². The van der Waals surface area contributed by atoms with Gasteiger partial charge in [0.2, 0.25) is 0 Å². The average Bonchev–Trinajstić information content (AvgIpc) is 3.11. The number of piperidine rings is 1. The monoisotopic (exact) mass is 440 g/mol. The van der Waals surface area contributed by atoms with Gasteiger partial charge >= 0.3 is 6.09 Å². The van der Waals surface area contributed by atoms with Gasteiger partial charge in [0, 0.05) is 31.2 Å². The second-order valence-corrected chi connectivity index (χ2v) is 7.45. The molecule has 0 aliphatic carbocycles. The van der Waals surface area contributed by atoms with Crippen LogP contribution in [0, 0.1) is 9.12 Å². The standard InChI is InChI=1S/C15H17IN6O2/c16-11-7-18-12(8-17-11)21-5-2-15(3-6-21)9-22-10(1-4-19-22)13(15)20-14(23)24/h1,4,7-8,13,20H,2-3,5-6,9H2,(H,23,24)/t13-/m1/s1. The average molecular weight is 440 g/mol. The van der Waals surface area contributed by atoms with E-state index in [2.05, 4.69) is 47.9 Å². The van der Waals surface area contributed by atoms with Crippen LogP contribution in [0.1, 0.15) is 24.6 Å². The molecule has 2 N–H and O–H groups in total. The molecule has 126 valence electrons. The summed E-state index contributed by atoms with van der Waals surface area (Å²) >= 11 is 2.14. The molecule has 0 aromatic carbocycles. The van der Waals surface area contributed by atoms with Crippen LogP contribution >= 0.6 is 22.6 Å². The fourth-order valence-corrected chi connectivity index (χ4v) is 4.15. The minimum Gasteiger partial charge on any atom is -0.465 e. The predicted octanol–water partition coefficient (Wildman–Crippen LogP) is 1.89. The van der Waals surface area contributed by atoms with Gasteiger partial charge in [-0.05, 0) is 41.5 Å². The first-order valence-corrected chi connectivity index (χ1v) is 8.89. The van der Waals surface area contributed by atoms with Crippen molar-refractivity contribution < 1.29 is 9.90 Å². The predicted molar refractivity (Wildman–Crippen MR) is 94.8 cm³/mol. The van der Waals surface area contributed by atoms with E-state index < -0.39 is 6.09 Å². The van der Waals surface area contributed by atoms with Gasteiger partial charge in [-0.3, -0.25) is 4.68 Å². The molecule has 0 bridgehead atoms. The number of nitrogens with one attached hydrogen (secondary N) is 1. The smallest absolute Gasteiger partial charge is 0.405 e. The topological polar surface area (TPSA) is 96.2 Å². The highest BCUT2D eigenvalue weighted by molar-refractivity contribution is 14.1. The largest absolute Gasteiger partial charge is 0.465 e. The zero-order valence-electron chi connectivity index (χ0n) is 12.9. The van der Waals surface area contributed by atoms with Crippen molar-refractivity contribution in [2.24, 2.45) is 5.41 Å². The Morgan fingerprint density at radius 2 is 2.12 bits per heavy atom. The summed E-state index contributed by atoms with van der Waals surface area (Å²) in [7, 11) is 0. The van der Waals surface area contributed by atoms with Crippen LogP contribution in [-0.2, 0) is 6.54 Å². The van der Waals surface area contributed by atoms with Crippen molar-refractivity contribution in [3.05, 3.63) is 34.1 Å². The van der Waals surface area contributed by atoms with Crippen molar-refractivity contribution in [1.82, 2.24) is 25.1 Å². The van der Waals surface area contributed by atoms with Crippen molar-refractivity contribution >= 4 is 34.5 Å². The van der Waals surface area contributed by atoms with Gasteiger partial charge in [-0.25, -0.2) is 14.8 Å². The number of aromatic nitrogens is 4. The summed E-state index contributed by atoms with van der Waals surface area (Å²) < 4.78 is 2.80. The molecular formula is C15H17IN6O2. The van der Waals surface area contributed by atoms with E-state index >= 15 is 0 Å².